The molecule has 0 unspecified atom stereocenters. The molecular formula is C18H18N6O2. The highest BCUT2D eigenvalue weighted by atomic mass is 16.5. The summed E-state index contributed by atoms with van der Waals surface area (Å²) < 4.78 is 7.40. The number of aromatic nitrogens is 5. The van der Waals surface area contributed by atoms with Crippen LogP contribution in [0, 0.1) is 6.92 Å². The second-order valence-electron chi connectivity index (χ2n) is 6.02. The largest absolute Gasteiger partial charge is 0.367 e. The van der Waals surface area contributed by atoms with E-state index in [2.05, 4.69) is 20.1 Å². The van der Waals surface area contributed by atoms with Gasteiger partial charge < -0.3 is 9.64 Å². The molecule has 0 aliphatic carbocycles. The number of rotatable bonds is 3. The molecule has 0 aromatic carbocycles. The van der Waals surface area contributed by atoms with Gasteiger partial charge in [0.05, 0.1) is 18.7 Å². The minimum Gasteiger partial charge on any atom is -0.367 e. The van der Waals surface area contributed by atoms with Crippen LogP contribution in [0.3, 0.4) is 0 Å². The van der Waals surface area contributed by atoms with Gasteiger partial charge in [0.2, 0.25) is 0 Å². The van der Waals surface area contributed by atoms with Crippen molar-refractivity contribution >= 4 is 5.91 Å². The van der Waals surface area contributed by atoms with Crippen LogP contribution in [-0.2, 0) is 4.74 Å². The van der Waals surface area contributed by atoms with Gasteiger partial charge >= 0.3 is 0 Å². The zero-order valence-corrected chi connectivity index (χ0v) is 14.3. The maximum Gasteiger partial charge on any atom is 0.255 e. The van der Waals surface area contributed by atoms with Crippen molar-refractivity contribution in [2.45, 2.75) is 13.0 Å². The third-order valence-corrected chi connectivity index (χ3v) is 4.19. The molecule has 0 saturated carbocycles. The Labute approximate surface area is 150 Å². The van der Waals surface area contributed by atoms with E-state index in [-0.39, 0.29) is 12.0 Å². The van der Waals surface area contributed by atoms with Crippen molar-refractivity contribution in [2.75, 3.05) is 19.7 Å². The van der Waals surface area contributed by atoms with Crippen LogP contribution in [0.4, 0.5) is 0 Å². The van der Waals surface area contributed by atoms with Gasteiger partial charge in [0.15, 0.2) is 11.6 Å². The number of nitrogens with zero attached hydrogens (tertiary/aromatic N) is 6. The van der Waals surface area contributed by atoms with Crippen LogP contribution in [0.1, 0.15) is 28.0 Å². The van der Waals surface area contributed by atoms with E-state index in [0.29, 0.717) is 36.9 Å². The standard InChI is InChI=1S/C18H18N6O2/c1-13-5-7-19-17(22-13)15-12-23(9-10-26-15)18(25)14-3-4-16(20-11-14)24-8-2-6-21-24/h2-8,11,15H,9-10,12H2,1H3/t15-/m0/s1. The highest BCUT2D eigenvalue weighted by Crippen LogP contribution is 2.20. The first-order chi connectivity index (χ1) is 12.7. The van der Waals surface area contributed by atoms with E-state index in [1.54, 1.807) is 46.5 Å². The molecule has 4 heterocycles. The summed E-state index contributed by atoms with van der Waals surface area (Å²) in [5, 5.41) is 4.13. The molecule has 3 aromatic rings. The minimum atomic E-state index is -0.316. The SMILES string of the molecule is Cc1ccnc([C@@H]2CN(C(=O)c3ccc(-n4cccn4)nc3)CCO2)n1. The Bertz CT molecular complexity index is 894. The van der Waals surface area contributed by atoms with Crippen molar-refractivity contribution in [1.29, 1.82) is 0 Å². The highest BCUT2D eigenvalue weighted by Gasteiger charge is 2.28. The van der Waals surface area contributed by atoms with E-state index in [1.807, 2.05) is 19.1 Å². The van der Waals surface area contributed by atoms with Crippen LogP contribution in [0.15, 0.2) is 49.1 Å². The molecule has 26 heavy (non-hydrogen) atoms. The minimum absolute atomic E-state index is 0.0783. The summed E-state index contributed by atoms with van der Waals surface area (Å²) in [6, 6.07) is 7.20. The van der Waals surface area contributed by atoms with E-state index in [1.165, 1.54) is 0 Å². The third-order valence-electron chi connectivity index (χ3n) is 4.19. The van der Waals surface area contributed by atoms with Gasteiger partial charge in [0.25, 0.3) is 5.91 Å². The molecule has 0 radical (unpaired) electrons. The molecule has 1 amide bonds. The van der Waals surface area contributed by atoms with Crippen LogP contribution in [0.25, 0.3) is 5.82 Å². The second-order valence-corrected chi connectivity index (χ2v) is 6.02. The van der Waals surface area contributed by atoms with Gasteiger partial charge in [0, 0.05) is 37.0 Å². The zero-order chi connectivity index (χ0) is 17.9. The van der Waals surface area contributed by atoms with Crippen molar-refractivity contribution in [2.24, 2.45) is 0 Å². The highest BCUT2D eigenvalue weighted by molar-refractivity contribution is 5.94. The number of ether oxygens (including phenoxy) is 1. The van der Waals surface area contributed by atoms with Crippen LogP contribution < -0.4 is 0 Å². The maximum atomic E-state index is 12.8. The Balaban J connectivity index is 1.49. The van der Waals surface area contributed by atoms with Crippen LogP contribution >= 0.6 is 0 Å². The first kappa shape index (κ1) is 16.3. The number of pyridine rings is 1. The first-order valence-electron chi connectivity index (χ1n) is 8.37. The Morgan fingerprint density at radius 1 is 1.23 bits per heavy atom. The van der Waals surface area contributed by atoms with Crippen LogP contribution in [-0.4, -0.2) is 55.2 Å². The fourth-order valence-electron chi connectivity index (χ4n) is 2.85. The Hall–Kier alpha value is -3.13. The maximum absolute atomic E-state index is 12.8. The zero-order valence-electron chi connectivity index (χ0n) is 14.3. The van der Waals surface area contributed by atoms with Crippen molar-refractivity contribution in [1.82, 2.24) is 29.6 Å². The molecule has 0 bridgehead atoms. The van der Waals surface area contributed by atoms with Crippen molar-refractivity contribution in [3.8, 4) is 5.82 Å². The average molecular weight is 350 g/mol. The Kier molecular flexibility index (Phi) is 4.40. The molecule has 1 aliphatic rings. The summed E-state index contributed by atoms with van der Waals surface area (Å²) in [6.07, 6.45) is 6.45. The fraction of sp³-hybridized carbons (Fsp3) is 0.278. The molecule has 132 valence electrons. The van der Waals surface area contributed by atoms with Gasteiger partial charge in [-0.15, -0.1) is 0 Å². The summed E-state index contributed by atoms with van der Waals surface area (Å²) in [5.74, 6) is 1.19. The van der Waals surface area contributed by atoms with Gasteiger partial charge in [-0.25, -0.2) is 19.6 Å². The van der Waals surface area contributed by atoms with Gasteiger partial charge in [-0.3, -0.25) is 4.79 Å². The number of aryl methyl sites for hydroxylation is 1. The first-order valence-corrected chi connectivity index (χ1v) is 8.37. The summed E-state index contributed by atoms with van der Waals surface area (Å²) in [6.45, 7) is 3.31. The normalized spacial score (nSPS) is 17.3. The molecule has 1 aliphatic heterocycles. The predicted octanol–water partition coefficient (Wildman–Crippen LogP) is 1.58. The molecular weight excluding hydrogens is 332 g/mol. The van der Waals surface area contributed by atoms with E-state index in [0.717, 1.165) is 5.69 Å². The molecule has 3 aromatic heterocycles. The number of carbonyl (C=O) groups is 1. The van der Waals surface area contributed by atoms with Crippen LogP contribution in [0.5, 0.6) is 0 Å². The molecule has 0 N–H and O–H groups in total. The molecule has 1 fully saturated rings. The van der Waals surface area contributed by atoms with Gasteiger partial charge in [-0.2, -0.15) is 5.10 Å². The summed E-state index contributed by atoms with van der Waals surface area (Å²) in [5.41, 5.74) is 1.41. The number of morpholine rings is 1. The molecule has 1 atom stereocenters. The summed E-state index contributed by atoms with van der Waals surface area (Å²) in [7, 11) is 0. The quantitative estimate of drug-likeness (QED) is 0.713. The van der Waals surface area contributed by atoms with Gasteiger partial charge in [0.1, 0.15) is 6.10 Å². The smallest absolute Gasteiger partial charge is 0.255 e. The Morgan fingerprint density at radius 3 is 2.88 bits per heavy atom. The lowest BCUT2D eigenvalue weighted by atomic mass is 10.2. The predicted molar refractivity (Wildman–Crippen MR) is 92.7 cm³/mol. The lowest BCUT2D eigenvalue weighted by Crippen LogP contribution is -2.42. The fourth-order valence-corrected chi connectivity index (χ4v) is 2.85. The molecule has 1 saturated heterocycles. The lowest BCUT2D eigenvalue weighted by molar-refractivity contribution is -0.0269. The van der Waals surface area contributed by atoms with E-state index in [9.17, 15) is 4.79 Å². The van der Waals surface area contributed by atoms with Crippen molar-refractivity contribution in [3.05, 3.63) is 66.1 Å². The summed E-state index contributed by atoms with van der Waals surface area (Å²) >= 11 is 0. The Morgan fingerprint density at radius 2 is 2.15 bits per heavy atom. The van der Waals surface area contributed by atoms with Crippen molar-refractivity contribution < 1.29 is 9.53 Å². The lowest BCUT2D eigenvalue weighted by Gasteiger charge is -2.32. The topological polar surface area (TPSA) is 86.0 Å². The number of carbonyl (C=O) groups excluding carboxylic acids is 1. The van der Waals surface area contributed by atoms with Gasteiger partial charge in [-0.1, -0.05) is 0 Å². The monoisotopic (exact) mass is 350 g/mol. The number of hydrogen-bond acceptors (Lipinski definition) is 6. The van der Waals surface area contributed by atoms with Crippen LogP contribution in [0.2, 0.25) is 0 Å². The number of amides is 1. The molecule has 8 heteroatoms. The molecule has 8 nitrogen and oxygen atoms in total. The molecule has 4 rings (SSSR count). The molecule has 0 spiro atoms. The number of hydrogen-bond donors (Lipinski definition) is 0. The van der Waals surface area contributed by atoms with E-state index < -0.39 is 0 Å². The average Bonchev–Trinajstić information content (AvgIpc) is 3.22. The second kappa shape index (κ2) is 7.01. The van der Waals surface area contributed by atoms with Gasteiger partial charge in [-0.05, 0) is 31.2 Å². The van der Waals surface area contributed by atoms with E-state index >= 15 is 0 Å². The summed E-state index contributed by atoms with van der Waals surface area (Å²) in [4.78, 5) is 27.6. The van der Waals surface area contributed by atoms with E-state index in [4.69, 9.17) is 4.74 Å². The third kappa shape index (κ3) is 3.31. The van der Waals surface area contributed by atoms with Crippen molar-refractivity contribution in [3.63, 3.8) is 0 Å².